The van der Waals surface area contributed by atoms with E-state index < -0.39 is 0 Å². The second kappa shape index (κ2) is 5.54. The molecule has 1 unspecified atom stereocenters. The molecule has 94 valence electrons. The number of para-hydroxylation sites is 1. The van der Waals surface area contributed by atoms with Crippen molar-refractivity contribution in [2.24, 2.45) is 0 Å². The number of aryl methyl sites for hydroxylation is 1. The Hall–Kier alpha value is -1.02. The molecule has 2 nitrogen and oxygen atoms in total. The van der Waals surface area contributed by atoms with Crippen LogP contribution < -0.4 is 10.2 Å². The topological polar surface area (TPSA) is 15.3 Å². The molecule has 1 aromatic carbocycles. The van der Waals surface area contributed by atoms with Crippen LogP contribution in [0.3, 0.4) is 0 Å². The summed E-state index contributed by atoms with van der Waals surface area (Å²) in [6.45, 7) is 8.90. The zero-order valence-corrected chi connectivity index (χ0v) is 11.2. The van der Waals surface area contributed by atoms with Crippen molar-refractivity contribution in [2.75, 3.05) is 18.0 Å². The van der Waals surface area contributed by atoms with Crippen LogP contribution in [0.4, 0.5) is 5.69 Å². The quantitative estimate of drug-likeness (QED) is 0.811. The summed E-state index contributed by atoms with van der Waals surface area (Å²) < 4.78 is 0. The molecule has 0 aliphatic heterocycles. The molecule has 0 spiro atoms. The van der Waals surface area contributed by atoms with E-state index in [-0.39, 0.29) is 0 Å². The lowest BCUT2D eigenvalue weighted by atomic mass is 10.1. The molecule has 0 heterocycles. The van der Waals surface area contributed by atoms with Crippen molar-refractivity contribution in [1.82, 2.24) is 5.32 Å². The van der Waals surface area contributed by atoms with E-state index >= 15 is 0 Å². The summed E-state index contributed by atoms with van der Waals surface area (Å²) >= 11 is 0. The van der Waals surface area contributed by atoms with Gasteiger partial charge in [0.15, 0.2) is 0 Å². The van der Waals surface area contributed by atoms with Gasteiger partial charge in [-0.3, -0.25) is 0 Å². The van der Waals surface area contributed by atoms with Gasteiger partial charge >= 0.3 is 0 Å². The van der Waals surface area contributed by atoms with Crippen molar-refractivity contribution in [3.8, 4) is 0 Å². The number of benzene rings is 1. The number of rotatable bonds is 6. The van der Waals surface area contributed by atoms with E-state index in [9.17, 15) is 0 Å². The van der Waals surface area contributed by atoms with Gasteiger partial charge < -0.3 is 10.2 Å². The Morgan fingerprint density at radius 3 is 2.65 bits per heavy atom. The largest absolute Gasteiger partial charge is 0.368 e. The Balaban J connectivity index is 2.01. The van der Waals surface area contributed by atoms with Gasteiger partial charge in [0, 0.05) is 30.9 Å². The maximum atomic E-state index is 3.62. The minimum atomic E-state index is 0.557. The highest BCUT2D eigenvalue weighted by molar-refractivity contribution is 5.53. The average molecular weight is 232 g/mol. The fourth-order valence-electron chi connectivity index (χ4n) is 2.34. The molecule has 0 radical (unpaired) electrons. The van der Waals surface area contributed by atoms with E-state index in [2.05, 4.69) is 55.3 Å². The van der Waals surface area contributed by atoms with E-state index in [4.69, 9.17) is 0 Å². The van der Waals surface area contributed by atoms with Crippen LogP contribution in [0, 0.1) is 6.92 Å². The Morgan fingerprint density at radius 1 is 1.35 bits per heavy atom. The zero-order valence-electron chi connectivity index (χ0n) is 11.2. The van der Waals surface area contributed by atoms with Gasteiger partial charge in [-0.1, -0.05) is 18.2 Å². The molecule has 0 aromatic heterocycles. The maximum absolute atomic E-state index is 3.62. The standard InChI is InChI=1S/C15H24N2/c1-4-17(13(3)11-16-14-9-10-14)15-8-6-5-7-12(15)2/h5-8,13-14,16H,4,9-11H2,1-3H3. The molecule has 0 bridgehead atoms. The summed E-state index contributed by atoms with van der Waals surface area (Å²) in [6, 6.07) is 10.0. The first kappa shape index (κ1) is 12.4. The van der Waals surface area contributed by atoms with Crippen LogP contribution in [0.15, 0.2) is 24.3 Å². The highest BCUT2D eigenvalue weighted by Crippen LogP contribution is 2.22. The van der Waals surface area contributed by atoms with Gasteiger partial charge in [0.05, 0.1) is 0 Å². The lowest BCUT2D eigenvalue weighted by Gasteiger charge is -2.31. The third kappa shape index (κ3) is 3.22. The predicted molar refractivity (Wildman–Crippen MR) is 74.7 cm³/mol. The van der Waals surface area contributed by atoms with Crippen molar-refractivity contribution in [3.05, 3.63) is 29.8 Å². The Kier molecular flexibility index (Phi) is 4.06. The van der Waals surface area contributed by atoms with Gasteiger partial charge in [-0.2, -0.15) is 0 Å². The van der Waals surface area contributed by atoms with Gasteiger partial charge in [-0.15, -0.1) is 0 Å². The Labute approximate surface area is 105 Å². The van der Waals surface area contributed by atoms with E-state index in [1.165, 1.54) is 24.1 Å². The summed E-state index contributed by atoms with van der Waals surface area (Å²) in [5.74, 6) is 0. The second-order valence-corrected chi connectivity index (χ2v) is 5.10. The highest BCUT2D eigenvalue weighted by Gasteiger charge is 2.22. The third-order valence-corrected chi connectivity index (χ3v) is 3.58. The monoisotopic (exact) mass is 232 g/mol. The number of anilines is 1. The number of hydrogen-bond acceptors (Lipinski definition) is 2. The summed E-state index contributed by atoms with van der Waals surface area (Å²) in [5, 5.41) is 3.62. The molecule has 1 N–H and O–H groups in total. The lowest BCUT2D eigenvalue weighted by Crippen LogP contribution is -2.41. The van der Waals surface area contributed by atoms with E-state index in [1.807, 2.05) is 0 Å². The summed E-state index contributed by atoms with van der Waals surface area (Å²) in [7, 11) is 0. The van der Waals surface area contributed by atoms with Gasteiger partial charge in [-0.05, 0) is 45.2 Å². The van der Waals surface area contributed by atoms with Crippen LogP contribution in [0.25, 0.3) is 0 Å². The smallest absolute Gasteiger partial charge is 0.0398 e. The fourth-order valence-corrected chi connectivity index (χ4v) is 2.34. The normalized spacial score (nSPS) is 16.9. The molecule has 2 rings (SSSR count). The first-order valence-corrected chi connectivity index (χ1v) is 6.78. The fraction of sp³-hybridized carbons (Fsp3) is 0.600. The summed E-state index contributed by atoms with van der Waals surface area (Å²) in [6.07, 6.45) is 2.73. The van der Waals surface area contributed by atoms with Crippen LogP contribution in [0.1, 0.15) is 32.3 Å². The van der Waals surface area contributed by atoms with Crippen molar-refractivity contribution >= 4 is 5.69 Å². The third-order valence-electron chi connectivity index (χ3n) is 3.58. The molecule has 1 atom stereocenters. The number of hydrogen-bond donors (Lipinski definition) is 1. The van der Waals surface area contributed by atoms with Crippen LogP contribution in [-0.4, -0.2) is 25.2 Å². The first-order chi connectivity index (χ1) is 8.22. The van der Waals surface area contributed by atoms with Crippen molar-refractivity contribution < 1.29 is 0 Å². The van der Waals surface area contributed by atoms with Gasteiger partial charge in [0.25, 0.3) is 0 Å². The van der Waals surface area contributed by atoms with Crippen LogP contribution in [0.2, 0.25) is 0 Å². The van der Waals surface area contributed by atoms with Gasteiger partial charge in [0.2, 0.25) is 0 Å². The molecule has 0 saturated heterocycles. The van der Waals surface area contributed by atoms with Crippen molar-refractivity contribution in [2.45, 2.75) is 45.7 Å². The van der Waals surface area contributed by atoms with E-state index in [0.29, 0.717) is 6.04 Å². The second-order valence-electron chi connectivity index (χ2n) is 5.10. The van der Waals surface area contributed by atoms with Crippen LogP contribution in [-0.2, 0) is 0 Å². The Morgan fingerprint density at radius 2 is 2.06 bits per heavy atom. The lowest BCUT2D eigenvalue weighted by molar-refractivity contribution is 0.565. The maximum Gasteiger partial charge on any atom is 0.0398 e. The molecule has 1 fully saturated rings. The van der Waals surface area contributed by atoms with Gasteiger partial charge in [0.1, 0.15) is 0 Å². The summed E-state index contributed by atoms with van der Waals surface area (Å²) in [4.78, 5) is 2.49. The first-order valence-electron chi connectivity index (χ1n) is 6.78. The molecular formula is C15H24N2. The van der Waals surface area contributed by atoms with Crippen molar-refractivity contribution in [1.29, 1.82) is 0 Å². The average Bonchev–Trinajstić information content (AvgIpc) is 3.14. The molecule has 1 aliphatic rings. The molecular weight excluding hydrogens is 208 g/mol. The van der Waals surface area contributed by atoms with E-state index in [0.717, 1.165) is 19.1 Å². The minimum absolute atomic E-state index is 0.557. The molecule has 1 aliphatic carbocycles. The SMILES string of the molecule is CCN(c1ccccc1C)C(C)CNC1CC1. The van der Waals surface area contributed by atoms with Gasteiger partial charge in [-0.25, -0.2) is 0 Å². The Bertz CT molecular complexity index is 358. The number of nitrogens with zero attached hydrogens (tertiary/aromatic N) is 1. The zero-order chi connectivity index (χ0) is 12.3. The van der Waals surface area contributed by atoms with Crippen LogP contribution in [0.5, 0.6) is 0 Å². The predicted octanol–water partition coefficient (Wildman–Crippen LogP) is 2.96. The van der Waals surface area contributed by atoms with E-state index in [1.54, 1.807) is 0 Å². The molecule has 1 saturated carbocycles. The molecule has 2 heteroatoms. The molecule has 0 amide bonds. The van der Waals surface area contributed by atoms with Crippen LogP contribution >= 0.6 is 0 Å². The van der Waals surface area contributed by atoms with Crippen molar-refractivity contribution in [3.63, 3.8) is 0 Å². The minimum Gasteiger partial charge on any atom is -0.368 e. The highest BCUT2D eigenvalue weighted by atomic mass is 15.2. The molecule has 17 heavy (non-hydrogen) atoms. The summed E-state index contributed by atoms with van der Waals surface area (Å²) in [5.41, 5.74) is 2.74. The number of likely N-dealkylation sites (N-methyl/N-ethyl adjacent to an activating group) is 1. The number of nitrogens with one attached hydrogen (secondary N) is 1. The molecule has 1 aromatic rings.